The van der Waals surface area contributed by atoms with E-state index in [0.29, 0.717) is 0 Å². The van der Waals surface area contributed by atoms with Crippen LogP contribution in [0.25, 0.3) is 0 Å². The second kappa shape index (κ2) is 5.10. The van der Waals surface area contributed by atoms with Gasteiger partial charge in [-0.2, -0.15) is 0 Å². The van der Waals surface area contributed by atoms with Gasteiger partial charge in [-0.25, -0.2) is 0 Å². The lowest BCUT2D eigenvalue weighted by Gasteiger charge is -2.35. The normalized spacial score (nSPS) is 24.2. The molecule has 16 heavy (non-hydrogen) atoms. The second-order valence-corrected chi connectivity index (χ2v) is 6.92. The van der Waals surface area contributed by atoms with Crippen molar-refractivity contribution in [2.24, 2.45) is 0 Å². The maximum Gasteiger partial charge on any atom is 0.500 e. The van der Waals surface area contributed by atoms with Crippen molar-refractivity contribution in [2.45, 2.75) is 25.0 Å². The van der Waals surface area contributed by atoms with E-state index < -0.39 is 8.80 Å². The van der Waals surface area contributed by atoms with Crippen LogP contribution in [0, 0.1) is 0 Å². The van der Waals surface area contributed by atoms with E-state index in [1.54, 1.807) is 14.2 Å². The lowest BCUT2D eigenvalue weighted by Crippen LogP contribution is -2.47. The first-order chi connectivity index (χ1) is 7.79. The molecule has 0 spiro atoms. The SMILES string of the molecule is CO[Si]1(OC)CCCC(c2ccccc2)O1. The Kier molecular flexibility index (Phi) is 3.76. The first kappa shape index (κ1) is 11.8. The molecule has 0 N–H and O–H groups in total. The fraction of sp³-hybridized carbons (Fsp3) is 0.500. The van der Waals surface area contributed by atoms with Crippen LogP contribution in [0.4, 0.5) is 0 Å². The molecule has 4 heteroatoms. The van der Waals surface area contributed by atoms with Gasteiger partial charge in [0.2, 0.25) is 0 Å². The summed E-state index contributed by atoms with van der Waals surface area (Å²) < 4.78 is 17.0. The average molecular weight is 238 g/mol. The molecule has 0 aromatic heterocycles. The van der Waals surface area contributed by atoms with Crippen LogP contribution in [0.2, 0.25) is 6.04 Å². The molecule has 1 heterocycles. The van der Waals surface area contributed by atoms with E-state index in [1.165, 1.54) is 5.56 Å². The van der Waals surface area contributed by atoms with Crippen molar-refractivity contribution in [3.05, 3.63) is 35.9 Å². The van der Waals surface area contributed by atoms with Crippen LogP contribution >= 0.6 is 0 Å². The maximum atomic E-state index is 6.05. The quantitative estimate of drug-likeness (QED) is 0.758. The molecule has 1 fully saturated rings. The maximum absolute atomic E-state index is 6.05. The zero-order valence-corrected chi connectivity index (χ0v) is 10.8. The van der Waals surface area contributed by atoms with Gasteiger partial charge in [0.1, 0.15) is 0 Å². The summed E-state index contributed by atoms with van der Waals surface area (Å²) in [7, 11) is 0.991. The van der Waals surface area contributed by atoms with Crippen molar-refractivity contribution < 1.29 is 13.3 Å². The average Bonchev–Trinajstić information content (AvgIpc) is 2.40. The highest BCUT2D eigenvalue weighted by molar-refractivity contribution is 6.60. The Balaban J connectivity index is 2.13. The zero-order chi connectivity index (χ0) is 11.4. The summed E-state index contributed by atoms with van der Waals surface area (Å²) >= 11 is 0. The molecule has 0 amide bonds. The van der Waals surface area contributed by atoms with Gasteiger partial charge in [-0.1, -0.05) is 30.3 Å². The molecule has 1 saturated heterocycles. The van der Waals surface area contributed by atoms with Crippen LogP contribution < -0.4 is 0 Å². The molecule has 2 rings (SSSR count). The third-order valence-electron chi connectivity index (χ3n) is 3.06. The monoisotopic (exact) mass is 238 g/mol. The minimum atomic E-state index is -2.38. The summed E-state index contributed by atoms with van der Waals surface area (Å²) in [6, 6.07) is 11.2. The summed E-state index contributed by atoms with van der Waals surface area (Å²) in [5.41, 5.74) is 1.22. The van der Waals surface area contributed by atoms with Gasteiger partial charge in [-0.15, -0.1) is 0 Å². The molecule has 3 nitrogen and oxygen atoms in total. The van der Waals surface area contributed by atoms with Crippen molar-refractivity contribution in [2.75, 3.05) is 14.2 Å². The summed E-state index contributed by atoms with van der Waals surface area (Å²) in [4.78, 5) is 0. The van der Waals surface area contributed by atoms with Crippen molar-refractivity contribution in [3.8, 4) is 0 Å². The van der Waals surface area contributed by atoms with Gasteiger partial charge in [0.25, 0.3) is 0 Å². The smallest absolute Gasteiger partial charge is 0.377 e. The predicted molar refractivity (Wildman–Crippen MR) is 64.1 cm³/mol. The molecular formula is C12H18O3Si. The zero-order valence-electron chi connectivity index (χ0n) is 9.81. The van der Waals surface area contributed by atoms with Crippen molar-refractivity contribution in [1.29, 1.82) is 0 Å². The minimum absolute atomic E-state index is 0.126. The third kappa shape index (κ3) is 2.35. The van der Waals surface area contributed by atoms with Crippen molar-refractivity contribution in [3.63, 3.8) is 0 Å². The Morgan fingerprint density at radius 1 is 1.19 bits per heavy atom. The van der Waals surface area contributed by atoms with E-state index in [4.69, 9.17) is 13.3 Å². The van der Waals surface area contributed by atoms with Crippen LogP contribution in [0.1, 0.15) is 24.5 Å². The molecule has 1 aliphatic rings. The molecule has 0 saturated carbocycles. The number of hydrogen-bond donors (Lipinski definition) is 0. The first-order valence-electron chi connectivity index (χ1n) is 5.63. The predicted octanol–water partition coefficient (Wildman–Crippen LogP) is 2.77. The Morgan fingerprint density at radius 3 is 2.50 bits per heavy atom. The van der Waals surface area contributed by atoms with E-state index in [9.17, 15) is 0 Å². The van der Waals surface area contributed by atoms with Gasteiger partial charge in [0.05, 0.1) is 6.10 Å². The summed E-state index contributed by atoms with van der Waals surface area (Å²) in [6.45, 7) is 0. The molecular weight excluding hydrogens is 220 g/mol. The van der Waals surface area contributed by atoms with Crippen LogP contribution in [-0.4, -0.2) is 23.0 Å². The molecule has 1 aliphatic heterocycles. The van der Waals surface area contributed by atoms with Crippen molar-refractivity contribution >= 4 is 8.80 Å². The molecule has 1 unspecified atom stereocenters. The molecule has 1 aromatic rings. The van der Waals surface area contributed by atoms with Gasteiger partial charge >= 0.3 is 8.80 Å². The molecule has 0 bridgehead atoms. The van der Waals surface area contributed by atoms with Crippen molar-refractivity contribution in [1.82, 2.24) is 0 Å². The summed E-state index contributed by atoms with van der Waals surface area (Å²) in [5.74, 6) is 0. The molecule has 1 aromatic carbocycles. The van der Waals surface area contributed by atoms with E-state index in [1.807, 2.05) is 18.2 Å². The Bertz CT molecular complexity index is 324. The van der Waals surface area contributed by atoms with Crippen LogP contribution in [0.15, 0.2) is 30.3 Å². The minimum Gasteiger partial charge on any atom is -0.377 e. The molecule has 0 aliphatic carbocycles. The third-order valence-corrected chi connectivity index (χ3v) is 5.92. The van der Waals surface area contributed by atoms with Gasteiger partial charge in [0, 0.05) is 20.3 Å². The molecule has 88 valence electrons. The largest absolute Gasteiger partial charge is 0.500 e. The van der Waals surface area contributed by atoms with Gasteiger partial charge in [-0.3, -0.25) is 0 Å². The molecule has 0 radical (unpaired) electrons. The van der Waals surface area contributed by atoms with E-state index in [2.05, 4.69) is 12.1 Å². The van der Waals surface area contributed by atoms with Gasteiger partial charge in [0.15, 0.2) is 0 Å². The van der Waals surface area contributed by atoms with E-state index in [-0.39, 0.29) is 6.10 Å². The van der Waals surface area contributed by atoms with Gasteiger partial charge < -0.3 is 13.3 Å². The first-order valence-corrected chi connectivity index (χ1v) is 7.56. The van der Waals surface area contributed by atoms with E-state index >= 15 is 0 Å². The van der Waals surface area contributed by atoms with Crippen LogP contribution in [-0.2, 0) is 13.3 Å². The van der Waals surface area contributed by atoms with Crippen LogP contribution in [0.3, 0.4) is 0 Å². The Morgan fingerprint density at radius 2 is 1.88 bits per heavy atom. The number of hydrogen-bond acceptors (Lipinski definition) is 3. The second-order valence-electron chi connectivity index (χ2n) is 4.00. The fourth-order valence-electron chi connectivity index (χ4n) is 2.12. The van der Waals surface area contributed by atoms with Crippen LogP contribution in [0.5, 0.6) is 0 Å². The lowest BCUT2D eigenvalue weighted by atomic mass is 10.1. The highest BCUT2D eigenvalue weighted by Crippen LogP contribution is 2.35. The fourth-order valence-corrected chi connectivity index (χ4v) is 4.33. The number of rotatable bonds is 3. The highest BCUT2D eigenvalue weighted by Gasteiger charge is 2.44. The topological polar surface area (TPSA) is 27.7 Å². The summed E-state index contributed by atoms with van der Waals surface area (Å²) in [6.07, 6.45) is 2.28. The standard InChI is InChI=1S/C12H18O3Si/c1-13-16(14-2)10-6-9-12(15-16)11-7-4-3-5-8-11/h3-5,7-8,12H,6,9-10H2,1-2H3. The van der Waals surface area contributed by atoms with Gasteiger partial charge in [-0.05, 0) is 18.4 Å². The Labute approximate surface area is 97.7 Å². The number of benzene rings is 1. The molecule has 1 atom stereocenters. The summed E-state index contributed by atoms with van der Waals surface area (Å²) in [5, 5.41) is 0. The highest BCUT2D eigenvalue weighted by atomic mass is 28.4. The lowest BCUT2D eigenvalue weighted by molar-refractivity contribution is 0.0328. The Hall–Kier alpha value is -0.683. The van der Waals surface area contributed by atoms with E-state index in [0.717, 1.165) is 18.9 Å².